The summed E-state index contributed by atoms with van der Waals surface area (Å²) in [5.74, 6) is 0. The van der Waals surface area contributed by atoms with Crippen LogP contribution in [-0.2, 0) is 19.5 Å². The summed E-state index contributed by atoms with van der Waals surface area (Å²) in [6.45, 7) is 1.75. The van der Waals surface area contributed by atoms with Crippen LogP contribution in [0.4, 0.5) is 0 Å². The zero-order valence-corrected chi connectivity index (χ0v) is 11.6. The smallest absolute Gasteiger partial charge is 0.214 e. The molecule has 5 nitrogen and oxygen atoms in total. The summed E-state index contributed by atoms with van der Waals surface area (Å²) >= 11 is 0. The first-order chi connectivity index (χ1) is 8.01. The molecular formula is C11H23NO4S. The van der Waals surface area contributed by atoms with Gasteiger partial charge in [0.2, 0.25) is 10.0 Å². The zero-order chi connectivity index (χ0) is 12.9. The maximum absolute atomic E-state index is 12.1. The van der Waals surface area contributed by atoms with Gasteiger partial charge in [0.25, 0.3) is 0 Å². The lowest BCUT2D eigenvalue weighted by molar-refractivity contribution is -0.115. The molecule has 0 aromatic carbocycles. The highest BCUT2D eigenvalue weighted by atomic mass is 32.2. The van der Waals surface area contributed by atoms with E-state index in [9.17, 15) is 8.42 Å². The first-order valence-electron chi connectivity index (χ1n) is 6.08. The third-order valence-electron chi connectivity index (χ3n) is 3.21. The third-order valence-corrected chi connectivity index (χ3v) is 5.26. The van der Waals surface area contributed by atoms with E-state index in [0.29, 0.717) is 0 Å². The number of hydrogen-bond acceptors (Lipinski definition) is 4. The fraction of sp³-hybridized carbons (Fsp3) is 1.00. The van der Waals surface area contributed by atoms with Gasteiger partial charge in [-0.05, 0) is 19.8 Å². The SMILES string of the molecule is COC(OC)C(C)NS(=O)(=O)C1CCCCC1. The molecule has 0 aromatic heterocycles. The number of ether oxygens (including phenoxy) is 2. The standard InChI is InChI=1S/C11H23NO4S/c1-9(11(15-2)16-3)12-17(13,14)10-7-5-4-6-8-10/h9-12H,4-8H2,1-3H3. The predicted molar refractivity (Wildman–Crippen MR) is 66.2 cm³/mol. The second-order valence-corrected chi connectivity index (χ2v) is 6.54. The van der Waals surface area contributed by atoms with Crippen LogP contribution in [-0.4, -0.2) is 40.2 Å². The van der Waals surface area contributed by atoms with Crippen molar-refractivity contribution in [3.63, 3.8) is 0 Å². The van der Waals surface area contributed by atoms with E-state index in [1.54, 1.807) is 6.92 Å². The molecule has 1 fully saturated rings. The summed E-state index contributed by atoms with van der Waals surface area (Å²) in [6.07, 6.45) is 4.10. The Morgan fingerprint density at radius 2 is 1.65 bits per heavy atom. The predicted octanol–water partition coefficient (Wildman–Crippen LogP) is 1.25. The Morgan fingerprint density at radius 3 is 2.12 bits per heavy atom. The topological polar surface area (TPSA) is 64.6 Å². The molecule has 0 aromatic rings. The lowest BCUT2D eigenvalue weighted by atomic mass is 10.0. The van der Waals surface area contributed by atoms with Gasteiger partial charge in [-0.25, -0.2) is 13.1 Å². The van der Waals surface area contributed by atoms with Gasteiger partial charge in [-0.3, -0.25) is 0 Å². The number of rotatable bonds is 6. The third kappa shape index (κ3) is 4.21. The van der Waals surface area contributed by atoms with E-state index >= 15 is 0 Å². The fourth-order valence-electron chi connectivity index (χ4n) is 2.29. The molecule has 1 aliphatic rings. The molecule has 0 heterocycles. The van der Waals surface area contributed by atoms with Crippen molar-refractivity contribution >= 4 is 10.0 Å². The van der Waals surface area contributed by atoms with Crippen molar-refractivity contribution < 1.29 is 17.9 Å². The van der Waals surface area contributed by atoms with E-state index in [2.05, 4.69) is 4.72 Å². The minimum absolute atomic E-state index is 0.256. The van der Waals surface area contributed by atoms with E-state index < -0.39 is 16.3 Å². The van der Waals surface area contributed by atoms with Gasteiger partial charge in [0, 0.05) is 14.2 Å². The molecule has 0 saturated heterocycles. The van der Waals surface area contributed by atoms with Gasteiger partial charge in [-0.1, -0.05) is 19.3 Å². The van der Waals surface area contributed by atoms with Crippen molar-refractivity contribution in [1.82, 2.24) is 4.72 Å². The van der Waals surface area contributed by atoms with Crippen LogP contribution >= 0.6 is 0 Å². The molecule has 1 unspecified atom stereocenters. The molecule has 1 rings (SSSR count). The van der Waals surface area contributed by atoms with Crippen LogP contribution in [0, 0.1) is 0 Å². The van der Waals surface area contributed by atoms with Gasteiger partial charge in [0.05, 0.1) is 11.3 Å². The molecule has 1 saturated carbocycles. The molecule has 0 radical (unpaired) electrons. The van der Waals surface area contributed by atoms with E-state index in [1.807, 2.05) is 0 Å². The van der Waals surface area contributed by atoms with Gasteiger partial charge in [-0.15, -0.1) is 0 Å². The maximum atomic E-state index is 12.1. The van der Waals surface area contributed by atoms with Crippen LogP contribution in [0.5, 0.6) is 0 Å². The first kappa shape index (κ1) is 14.9. The summed E-state index contributed by atoms with van der Waals surface area (Å²) in [6, 6.07) is -0.378. The average molecular weight is 265 g/mol. The Morgan fingerprint density at radius 1 is 1.12 bits per heavy atom. The van der Waals surface area contributed by atoms with Crippen molar-refractivity contribution in [3.05, 3.63) is 0 Å². The van der Waals surface area contributed by atoms with E-state index in [0.717, 1.165) is 32.1 Å². The van der Waals surface area contributed by atoms with Gasteiger partial charge in [0.1, 0.15) is 0 Å². The average Bonchev–Trinajstić information content (AvgIpc) is 2.31. The van der Waals surface area contributed by atoms with Crippen molar-refractivity contribution in [3.8, 4) is 0 Å². The van der Waals surface area contributed by atoms with Crippen LogP contribution in [0.25, 0.3) is 0 Å². The van der Waals surface area contributed by atoms with Gasteiger partial charge < -0.3 is 9.47 Å². The lowest BCUT2D eigenvalue weighted by Crippen LogP contribution is -2.46. The molecule has 1 aliphatic carbocycles. The number of hydrogen-bond donors (Lipinski definition) is 1. The minimum atomic E-state index is -3.26. The largest absolute Gasteiger partial charge is 0.354 e. The quantitative estimate of drug-likeness (QED) is 0.734. The first-order valence-corrected chi connectivity index (χ1v) is 7.62. The molecule has 1 atom stereocenters. The Balaban J connectivity index is 2.58. The molecule has 1 N–H and O–H groups in total. The molecule has 0 bridgehead atoms. The zero-order valence-electron chi connectivity index (χ0n) is 10.8. The molecular weight excluding hydrogens is 242 g/mol. The van der Waals surface area contributed by atoms with Crippen LogP contribution in [0.3, 0.4) is 0 Å². The van der Waals surface area contributed by atoms with E-state index in [4.69, 9.17) is 9.47 Å². The van der Waals surface area contributed by atoms with Crippen LogP contribution in [0.1, 0.15) is 39.0 Å². The number of nitrogens with one attached hydrogen (secondary N) is 1. The molecule has 6 heteroatoms. The van der Waals surface area contributed by atoms with Crippen molar-refractivity contribution in [2.75, 3.05) is 14.2 Å². The van der Waals surface area contributed by atoms with Crippen molar-refractivity contribution in [2.24, 2.45) is 0 Å². The number of methoxy groups -OCH3 is 2. The highest BCUT2D eigenvalue weighted by Gasteiger charge is 2.30. The second kappa shape index (κ2) is 6.68. The summed E-state index contributed by atoms with van der Waals surface area (Å²) in [4.78, 5) is 0. The van der Waals surface area contributed by atoms with Gasteiger partial charge >= 0.3 is 0 Å². The van der Waals surface area contributed by atoms with Crippen molar-refractivity contribution in [2.45, 2.75) is 56.6 Å². The molecule has 0 amide bonds. The second-order valence-electron chi connectivity index (χ2n) is 4.55. The highest BCUT2D eigenvalue weighted by molar-refractivity contribution is 7.90. The van der Waals surface area contributed by atoms with Crippen LogP contribution in [0.15, 0.2) is 0 Å². The molecule has 102 valence electrons. The van der Waals surface area contributed by atoms with E-state index in [-0.39, 0.29) is 11.3 Å². The van der Waals surface area contributed by atoms with Crippen molar-refractivity contribution in [1.29, 1.82) is 0 Å². The molecule has 17 heavy (non-hydrogen) atoms. The monoisotopic (exact) mass is 265 g/mol. The number of sulfonamides is 1. The molecule has 0 spiro atoms. The van der Waals surface area contributed by atoms with Crippen LogP contribution < -0.4 is 4.72 Å². The Hall–Kier alpha value is -0.170. The summed E-state index contributed by atoms with van der Waals surface area (Å²) < 4.78 is 37.0. The Labute approximate surface area is 104 Å². The Kier molecular flexibility index (Phi) is 5.85. The molecule has 0 aliphatic heterocycles. The fourth-order valence-corrected chi connectivity index (χ4v) is 4.07. The Bertz CT molecular complexity index is 307. The van der Waals surface area contributed by atoms with Crippen LogP contribution in [0.2, 0.25) is 0 Å². The summed E-state index contributed by atoms with van der Waals surface area (Å²) in [5, 5.41) is -0.256. The lowest BCUT2D eigenvalue weighted by Gasteiger charge is -2.27. The van der Waals surface area contributed by atoms with E-state index in [1.165, 1.54) is 14.2 Å². The maximum Gasteiger partial charge on any atom is 0.214 e. The normalized spacial score (nSPS) is 20.7. The van der Waals surface area contributed by atoms with Gasteiger partial charge in [-0.2, -0.15) is 0 Å². The van der Waals surface area contributed by atoms with Gasteiger partial charge in [0.15, 0.2) is 6.29 Å². The summed E-state index contributed by atoms with van der Waals surface area (Å²) in [7, 11) is -0.259. The minimum Gasteiger partial charge on any atom is -0.354 e. The highest BCUT2D eigenvalue weighted by Crippen LogP contribution is 2.23. The summed E-state index contributed by atoms with van der Waals surface area (Å²) in [5.41, 5.74) is 0.